The number of nitrogens with one attached hydrogen (secondary N) is 1. The van der Waals surface area contributed by atoms with Crippen molar-refractivity contribution in [2.45, 2.75) is 33.2 Å². The summed E-state index contributed by atoms with van der Waals surface area (Å²) in [5, 5.41) is 3.61. The molecule has 1 heterocycles. The van der Waals surface area contributed by atoms with Crippen LogP contribution in [0.3, 0.4) is 0 Å². The first-order valence-electron chi connectivity index (χ1n) is 6.61. The topological polar surface area (TPSA) is 12.0 Å². The third kappa shape index (κ3) is 4.16. The van der Waals surface area contributed by atoms with Gasteiger partial charge in [-0.3, -0.25) is 0 Å². The Morgan fingerprint density at radius 2 is 2.00 bits per heavy atom. The summed E-state index contributed by atoms with van der Waals surface area (Å²) in [6.45, 7) is 7.59. The Morgan fingerprint density at radius 3 is 2.63 bits per heavy atom. The lowest BCUT2D eigenvalue weighted by atomic mass is 10.0. The molecule has 0 aliphatic heterocycles. The van der Waals surface area contributed by atoms with Crippen molar-refractivity contribution in [1.82, 2.24) is 5.32 Å². The van der Waals surface area contributed by atoms with Crippen LogP contribution in [0.1, 0.15) is 34.5 Å². The van der Waals surface area contributed by atoms with E-state index in [-0.39, 0.29) is 0 Å². The van der Waals surface area contributed by atoms with Crippen molar-refractivity contribution in [3.63, 3.8) is 0 Å². The first-order chi connectivity index (χ1) is 9.06. The summed E-state index contributed by atoms with van der Waals surface area (Å²) < 4.78 is 1.21. The van der Waals surface area contributed by atoms with Gasteiger partial charge in [-0.1, -0.05) is 23.8 Å². The fourth-order valence-corrected chi connectivity index (χ4v) is 3.80. The molecule has 0 bridgehead atoms. The number of hydrogen-bond donors (Lipinski definition) is 1. The highest BCUT2D eigenvalue weighted by Gasteiger charge is 2.07. The van der Waals surface area contributed by atoms with Crippen LogP contribution in [-0.4, -0.2) is 6.54 Å². The standard InChI is InChI=1S/C16H20BrNS/c1-11-4-6-15(12(2)10-11)13(3)18-9-8-14-5-7-16(17)19-14/h4-7,10,13,18H,8-9H2,1-3H3. The number of benzene rings is 1. The van der Waals surface area contributed by atoms with E-state index in [1.54, 1.807) is 0 Å². The normalized spacial score (nSPS) is 12.6. The molecule has 0 saturated heterocycles. The van der Waals surface area contributed by atoms with Crippen LogP contribution in [0.25, 0.3) is 0 Å². The van der Waals surface area contributed by atoms with Gasteiger partial charge >= 0.3 is 0 Å². The quantitative estimate of drug-likeness (QED) is 0.807. The summed E-state index contributed by atoms with van der Waals surface area (Å²) in [5.41, 5.74) is 4.11. The second kappa shape index (κ2) is 6.69. The van der Waals surface area contributed by atoms with Gasteiger partial charge < -0.3 is 5.32 Å². The van der Waals surface area contributed by atoms with Gasteiger partial charge in [0.25, 0.3) is 0 Å². The largest absolute Gasteiger partial charge is 0.310 e. The van der Waals surface area contributed by atoms with Crippen molar-refractivity contribution < 1.29 is 0 Å². The predicted molar refractivity (Wildman–Crippen MR) is 88.1 cm³/mol. The van der Waals surface area contributed by atoms with Crippen LogP contribution in [0.2, 0.25) is 0 Å². The number of aryl methyl sites for hydroxylation is 2. The molecule has 0 spiro atoms. The van der Waals surface area contributed by atoms with Gasteiger partial charge in [-0.2, -0.15) is 0 Å². The lowest BCUT2D eigenvalue weighted by molar-refractivity contribution is 0.576. The molecule has 1 aromatic heterocycles. The van der Waals surface area contributed by atoms with Crippen molar-refractivity contribution >= 4 is 27.3 Å². The van der Waals surface area contributed by atoms with Crippen molar-refractivity contribution in [2.75, 3.05) is 6.54 Å². The van der Waals surface area contributed by atoms with E-state index in [2.05, 4.69) is 72.3 Å². The van der Waals surface area contributed by atoms with Crippen molar-refractivity contribution in [3.05, 3.63) is 55.7 Å². The van der Waals surface area contributed by atoms with Crippen LogP contribution in [0.5, 0.6) is 0 Å². The van der Waals surface area contributed by atoms with Crippen molar-refractivity contribution in [2.24, 2.45) is 0 Å². The molecule has 2 aromatic rings. The molecular formula is C16H20BrNS. The van der Waals surface area contributed by atoms with Gasteiger partial charge in [0.1, 0.15) is 0 Å². The molecule has 0 aliphatic rings. The van der Waals surface area contributed by atoms with Crippen molar-refractivity contribution in [1.29, 1.82) is 0 Å². The minimum Gasteiger partial charge on any atom is -0.310 e. The number of rotatable bonds is 5. The average molecular weight is 338 g/mol. The zero-order valence-electron chi connectivity index (χ0n) is 11.7. The zero-order valence-corrected chi connectivity index (χ0v) is 14.1. The molecule has 1 unspecified atom stereocenters. The van der Waals surface area contributed by atoms with E-state index < -0.39 is 0 Å². The Bertz CT molecular complexity index is 547. The van der Waals surface area contributed by atoms with Crippen LogP contribution in [0, 0.1) is 13.8 Å². The first kappa shape index (κ1) is 14.8. The molecule has 3 heteroatoms. The summed E-state index contributed by atoms with van der Waals surface area (Å²) in [4.78, 5) is 1.42. The fourth-order valence-electron chi connectivity index (χ4n) is 2.32. The van der Waals surface area contributed by atoms with Gasteiger partial charge in [-0.15, -0.1) is 11.3 Å². The molecule has 0 saturated carbocycles. The van der Waals surface area contributed by atoms with E-state index in [0.717, 1.165) is 13.0 Å². The van der Waals surface area contributed by atoms with Gasteiger partial charge in [-0.05, 0) is 66.4 Å². The SMILES string of the molecule is Cc1ccc(C(C)NCCc2ccc(Br)s2)c(C)c1. The lowest BCUT2D eigenvalue weighted by Crippen LogP contribution is -2.21. The average Bonchev–Trinajstić information content (AvgIpc) is 2.75. The molecule has 1 atom stereocenters. The van der Waals surface area contributed by atoms with Crippen LogP contribution < -0.4 is 5.32 Å². The molecule has 1 N–H and O–H groups in total. The van der Waals surface area contributed by atoms with Crippen LogP contribution >= 0.6 is 27.3 Å². The molecule has 0 aliphatic carbocycles. The molecule has 2 rings (SSSR count). The smallest absolute Gasteiger partial charge is 0.0701 e. The van der Waals surface area contributed by atoms with E-state index in [1.165, 1.54) is 25.4 Å². The van der Waals surface area contributed by atoms with E-state index in [9.17, 15) is 0 Å². The summed E-state index contributed by atoms with van der Waals surface area (Å²) >= 11 is 5.32. The minimum absolute atomic E-state index is 0.406. The summed E-state index contributed by atoms with van der Waals surface area (Å²) in [5.74, 6) is 0. The van der Waals surface area contributed by atoms with Crippen LogP contribution in [0.15, 0.2) is 34.1 Å². The molecule has 0 amide bonds. The number of halogens is 1. The predicted octanol–water partition coefficient (Wildman–Crippen LogP) is 5.02. The Balaban J connectivity index is 1.88. The van der Waals surface area contributed by atoms with Crippen LogP contribution in [-0.2, 0) is 6.42 Å². The Hall–Kier alpha value is -0.640. The molecule has 1 aromatic carbocycles. The van der Waals surface area contributed by atoms with E-state index in [1.807, 2.05) is 11.3 Å². The minimum atomic E-state index is 0.406. The summed E-state index contributed by atoms with van der Waals surface area (Å²) in [6, 6.07) is 11.4. The molecule has 19 heavy (non-hydrogen) atoms. The van der Waals surface area contributed by atoms with Gasteiger partial charge in [-0.25, -0.2) is 0 Å². The maximum atomic E-state index is 3.61. The summed E-state index contributed by atoms with van der Waals surface area (Å²) in [6.07, 6.45) is 1.09. The lowest BCUT2D eigenvalue weighted by Gasteiger charge is -2.16. The Morgan fingerprint density at radius 1 is 1.21 bits per heavy atom. The van der Waals surface area contributed by atoms with Crippen molar-refractivity contribution in [3.8, 4) is 0 Å². The van der Waals surface area contributed by atoms with E-state index in [4.69, 9.17) is 0 Å². The highest BCUT2D eigenvalue weighted by Crippen LogP contribution is 2.23. The van der Waals surface area contributed by atoms with E-state index in [0.29, 0.717) is 6.04 Å². The third-order valence-corrected chi connectivity index (χ3v) is 5.03. The molecular weight excluding hydrogens is 318 g/mol. The third-order valence-electron chi connectivity index (χ3n) is 3.34. The maximum absolute atomic E-state index is 3.61. The van der Waals surface area contributed by atoms with Gasteiger partial charge in [0.2, 0.25) is 0 Å². The molecule has 1 nitrogen and oxygen atoms in total. The van der Waals surface area contributed by atoms with Crippen LogP contribution in [0.4, 0.5) is 0 Å². The molecule has 0 radical (unpaired) electrons. The highest BCUT2D eigenvalue weighted by molar-refractivity contribution is 9.11. The maximum Gasteiger partial charge on any atom is 0.0701 e. The van der Waals surface area contributed by atoms with Gasteiger partial charge in [0, 0.05) is 17.5 Å². The monoisotopic (exact) mass is 337 g/mol. The van der Waals surface area contributed by atoms with Gasteiger partial charge in [0.05, 0.1) is 3.79 Å². The van der Waals surface area contributed by atoms with Gasteiger partial charge in [0.15, 0.2) is 0 Å². The Kier molecular flexibility index (Phi) is 5.20. The first-order valence-corrected chi connectivity index (χ1v) is 8.22. The second-order valence-electron chi connectivity index (χ2n) is 4.99. The number of thiophene rings is 1. The summed E-state index contributed by atoms with van der Waals surface area (Å²) in [7, 11) is 0. The van der Waals surface area contributed by atoms with E-state index >= 15 is 0 Å². The number of hydrogen-bond acceptors (Lipinski definition) is 2. The second-order valence-corrected chi connectivity index (χ2v) is 7.54. The zero-order chi connectivity index (χ0) is 13.8. The fraction of sp³-hybridized carbons (Fsp3) is 0.375. The molecule has 0 fully saturated rings. The molecule has 102 valence electrons. The Labute approximate surface area is 128 Å². The highest BCUT2D eigenvalue weighted by atomic mass is 79.9.